The summed E-state index contributed by atoms with van der Waals surface area (Å²) in [5.74, 6) is -0.615. The first-order chi connectivity index (χ1) is 8.74. The van der Waals surface area contributed by atoms with E-state index in [2.05, 4.69) is 26.1 Å². The largest absolute Gasteiger partial charge is 0.324 e. The van der Waals surface area contributed by atoms with Crippen LogP contribution < -0.4 is 5.32 Å². The van der Waals surface area contributed by atoms with E-state index in [-0.39, 0.29) is 28.5 Å². The van der Waals surface area contributed by atoms with Crippen molar-refractivity contribution < 1.29 is 9.18 Å². The minimum Gasteiger partial charge on any atom is -0.324 e. The van der Waals surface area contributed by atoms with Crippen molar-refractivity contribution >= 4 is 11.6 Å². The summed E-state index contributed by atoms with van der Waals surface area (Å²) in [5.41, 5.74) is 0.379. The van der Waals surface area contributed by atoms with Crippen LogP contribution in [-0.4, -0.2) is 5.91 Å². The molecule has 0 aliphatic rings. The Morgan fingerprint density at radius 2 is 2.11 bits per heavy atom. The lowest BCUT2D eigenvalue weighted by atomic mass is 9.80. The van der Waals surface area contributed by atoms with E-state index in [1.807, 2.05) is 13.0 Å². The summed E-state index contributed by atoms with van der Waals surface area (Å²) in [7, 11) is 0. The molecule has 0 fully saturated rings. The number of nitrogens with zero attached hydrogens (tertiary/aromatic N) is 1. The predicted molar refractivity (Wildman–Crippen MR) is 73.0 cm³/mol. The smallest absolute Gasteiger partial charge is 0.224 e. The minimum absolute atomic E-state index is 0.0283. The molecule has 0 aliphatic carbocycles. The molecule has 1 aromatic rings. The summed E-state index contributed by atoms with van der Waals surface area (Å²) >= 11 is 0. The Balaban J connectivity index is 2.71. The van der Waals surface area contributed by atoms with Gasteiger partial charge in [0.15, 0.2) is 0 Å². The maximum atomic E-state index is 13.6. The number of halogens is 1. The van der Waals surface area contributed by atoms with Gasteiger partial charge >= 0.3 is 0 Å². The summed E-state index contributed by atoms with van der Waals surface area (Å²) in [6.07, 6.45) is 0.336. The van der Waals surface area contributed by atoms with Crippen molar-refractivity contribution in [2.24, 2.45) is 11.3 Å². The Bertz CT molecular complexity index is 512. The molecule has 1 aromatic carbocycles. The van der Waals surface area contributed by atoms with Crippen molar-refractivity contribution in [3.63, 3.8) is 0 Å². The lowest BCUT2D eigenvalue weighted by Crippen LogP contribution is -2.24. The molecule has 0 saturated heterocycles. The van der Waals surface area contributed by atoms with Crippen LogP contribution in [0, 0.1) is 28.5 Å². The van der Waals surface area contributed by atoms with E-state index in [0.29, 0.717) is 6.42 Å². The summed E-state index contributed by atoms with van der Waals surface area (Å²) in [5, 5.41) is 11.2. The van der Waals surface area contributed by atoms with E-state index in [1.54, 1.807) is 0 Å². The second-order valence-electron chi connectivity index (χ2n) is 5.83. The minimum atomic E-state index is -0.587. The zero-order valence-electron chi connectivity index (χ0n) is 11.7. The van der Waals surface area contributed by atoms with Crippen molar-refractivity contribution in [2.45, 2.75) is 34.1 Å². The van der Waals surface area contributed by atoms with Crippen molar-refractivity contribution in [1.29, 1.82) is 5.26 Å². The summed E-state index contributed by atoms with van der Waals surface area (Å²) in [6, 6.07) is 5.85. The fourth-order valence-electron chi connectivity index (χ4n) is 1.47. The van der Waals surface area contributed by atoms with Crippen LogP contribution in [0.4, 0.5) is 10.1 Å². The van der Waals surface area contributed by atoms with Crippen LogP contribution in [0.2, 0.25) is 0 Å². The number of amides is 1. The van der Waals surface area contributed by atoms with E-state index < -0.39 is 5.82 Å². The van der Waals surface area contributed by atoms with Gasteiger partial charge in [0.2, 0.25) is 5.91 Å². The molecule has 102 valence electrons. The molecule has 0 bridgehead atoms. The third-order valence-electron chi connectivity index (χ3n) is 3.34. The maximum absolute atomic E-state index is 13.6. The van der Waals surface area contributed by atoms with E-state index in [9.17, 15) is 9.18 Å². The molecule has 0 heterocycles. The van der Waals surface area contributed by atoms with Gasteiger partial charge in [0.1, 0.15) is 5.82 Å². The van der Waals surface area contributed by atoms with Gasteiger partial charge in [-0.25, -0.2) is 4.39 Å². The van der Waals surface area contributed by atoms with Crippen LogP contribution in [0.1, 0.15) is 39.7 Å². The molecule has 1 unspecified atom stereocenters. The topological polar surface area (TPSA) is 52.9 Å². The van der Waals surface area contributed by atoms with E-state index in [4.69, 9.17) is 5.26 Å². The summed E-state index contributed by atoms with van der Waals surface area (Å²) in [6.45, 7) is 8.18. The molecular formula is C15H19FN2O. The van der Waals surface area contributed by atoms with E-state index in [0.717, 1.165) is 6.07 Å². The van der Waals surface area contributed by atoms with Gasteiger partial charge in [-0.05, 0) is 29.5 Å². The molecule has 1 atom stereocenters. The highest BCUT2D eigenvalue weighted by Crippen LogP contribution is 2.28. The molecule has 0 aliphatic heterocycles. The quantitative estimate of drug-likeness (QED) is 0.902. The van der Waals surface area contributed by atoms with Gasteiger partial charge in [0, 0.05) is 6.42 Å². The van der Waals surface area contributed by atoms with Crippen LogP contribution >= 0.6 is 0 Å². The SMILES string of the molecule is CC(CC(=O)Nc1ccc(C#N)cc1F)C(C)(C)C. The van der Waals surface area contributed by atoms with Crippen LogP contribution in [0.25, 0.3) is 0 Å². The highest BCUT2D eigenvalue weighted by Gasteiger charge is 2.22. The Labute approximate surface area is 113 Å². The maximum Gasteiger partial charge on any atom is 0.224 e. The van der Waals surface area contributed by atoms with E-state index in [1.165, 1.54) is 12.1 Å². The molecule has 1 N–H and O–H groups in total. The van der Waals surface area contributed by atoms with Crippen LogP contribution in [0.15, 0.2) is 18.2 Å². The number of carbonyl (C=O) groups is 1. The van der Waals surface area contributed by atoms with Gasteiger partial charge in [0.25, 0.3) is 0 Å². The summed E-state index contributed by atoms with van der Waals surface area (Å²) < 4.78 is 13.6. The van der Waals surface area contributed by atoms with Gasteiger partial charge in [-0.2, -0.15) is 5.26 Å². The molecule has 3 nitrogen and oxygen atoms in total. The van der Waals surface area contributed by atoms with Crippen molar-refractivity contribution in [3.8, 4) is 6.07 Å². The fraction of sp³-hybridized carbons (Fsp3) is 0.467. The number of carbonyl (C=O) groups excluding carboxylic acids is 1. The van der Waals surface area contributed by atoms with Crippen LogP contribution in [-0.2, 0) is 4.79 Å². The molecule has 0 aromatic heterocycles. The lowest BCUT2D eigenvalue weighted by Gasteiger charge is -2.26. The molecular weight excluding hydrogens is 243 g/mol. The first kappa shape index (κ1) is 15.2. The Morgan fingerprint density at radius 1 is 1.47 bits per heavy atom. The average Bonchev–Trinajstić information content (AvgIpc) is 2.30. The number of nitriles is 1. The molecule has 19 heavy (non-hydrogen) atoms. The van der Waals surface area contributed by atoms with Crippen molar-refractivity contribution in [1.82, 2.24) is 0 Å². The average molecular weight is 262 g/mol. The first-order valence-corrected chi connectivity index (χ1v) is 6.23. The monoisotopic (exact) mass is 262 g/mol. The molecule has 1 rings (SSSR count). The fourth-order valence-corrected chi connectivity index (χ4v) is 1.47. The Kier molecular flexibility index (Phi) is 4.66. The Morgan fingerprint density at radius 3 is 2.58 bits per heavy atom. The standard InChI is InChI=1S/C15H19FN2O/c1-10(15(2,3)4)7-14(19)18-13-6-5-11(9-17)8-12(13)16/h5-6,8,10H,7H2,1-4H3,(H,18,19). The number of hydrogen-bond donors (Lipinski definition) is 1. The third-order valence-corrected chi connectivity index (χ3v) is 3.34. The van der Waals surface area contributed by atoms with Crippen LogP contribution in [0.5, 0.6) is 0 Å². The first-order valence-electron chi connectivity index (χ1n) is 6.23. The molecule has 1 amide bonds. The molecule has 4 heteroatoms. The van der Waals surface area contributed by atoms with Gasteiger partial charge in [-0.1, -0.05) is 27.7 Å². The molecule has 0 saturated carbocycles. The molecule has 0 radical (unpaired) electrons. The Hall–Kier alpha value is -1.89. The highest BCUT2D eigenvalue weighted by molar-refractivity contribution is 5.91. The van der Waals surface area contributed by atoms with Gasteiger partial charge in [-0.3, -0.25) is 4.79 Å². The van der Waals surface area contributed by atoms with Gasteiger partial charge < -0.3 is 5.32 Å². The van der Waals surface area contributed by atoms with Crippen LogP contribution in [0.3, 0.4) is 0 Å². The van der Waals surface area contributed by atoms with Gasteiger partial charge in [-0.15, -0.1) is 0 Å². The zero-order chi connectivity index (χ0) is 14.6. The van der Waals surface area contributed by atoms with E-state index >= 15 is 0 Å². The number of nitrogens with one attached hydrogen (secondary N) is 1. The molecule has 0 spiro atoms. The third kappa shape index (κ3) is 4.36. The normalized spacial score (nSPS) is 12.6. The zero-order valence-corrected chi connectivity index (χ0v) is 11.7. The number of anilines is 1. The summed E-state index contributed by atoms with van der Waals surface area (Å²) in [4.78, 5) is 11.8. The lowest BCUT2D eigenvalue weighted by molar-refractivity contribution is -0.117. The highest BCUT2D eigenvalue weighted by atomic mass is 19.1. The predicted octanol–water partition coefficient (Wildman–Crippen LogP) is 3.71. The second kappa shape index (κ2) is 5.83. The second-order valence-corrected chi connectivity index (χ2v) is 5.83. The van der Waals surface area contributed by atoms with Crippen molar-refractivity contribution in [2.75, 3.05) is 5.32 Å². The van der Waals surface area contributed by atoms with Gasteiger partial charge in [0.05, 0.1) is 17.3 Å². The number of hydrogen-bond acceptors (Lipinski definition) is 2. The number of benzene rings is 1. The number of rotatable bonds is 3. The van der Waals surface area contributed by atoms with Crippen molar-refractivity contribution in [3.05, 3.63) is 29.6 Å².